The number of hydrogen-bond donors (Lipinski definition) is 5. The summed E-state index contributed by atoms with van der Waals surface area (Å²) in [7, 11) is 0. The second kappa shape index (κ2) is 11.9. The average molecular weight is 544 g/mol. The van der Waals surface area contributed by atoms with Crippen LogP contribution in [0.5, 0.6) is 0 Å². The smallest absolute Gasteiger partial charge is 0.248 e. The first-order valence-electron chi connectivity index (χ1n) is 13.7. The minimum Gasteiger partial charge on any atom is -0.371 e. The van der Waals surface area contributed by atoms with Gasteiger partial charge in [-0.15, -0.1) is 0 Å². The predicted octanol–water partition coefficient (Wildman–Crippen LogP) is 1.74. The van der Waals surface area contributed by atoms with Gasteiger partial charge >= 0.3 is 0 Å². The van der Waals surface area contributed by atoms with E-state index in [0.717, 1.165) is 28.7 Å². The largest absolute Gasteiger partial charge is 0.371 e. The molecule has 1 heterocycles. The molecular formula is C30H37N7O3. The van der Waals surface area contributed by atoms with Crippen LogP contribution in [0.1, 0.15) is 76.1 Å². The first-order chi connectivity index (χ1) is 19.1. The van der Waals surface area contributed by atoms with Gasteiger partial charge in [0.15, 0.2) is 0 Å². The maximum Gasteiger partial charge on any atom is 0.248 e. The van der Waals surface area contributed by atoms with E-state index in [2.05, 4.69) is 16.7 Å². The van der Waals surface area contributed by atoms with Gasteiger partial charge < -0.3 is 27.0 Å². The van der Waals surface area contributed by atoms with Crippen molar-refractivity contribution in [3.05, 3.63) is 69.8 Å². The van der Waals surface area contributed by atoms with Gasteiger partial charge in [0.25, 0.3) is 0 Å². The number of nitrogens with zero attached hydrogens (tertiary/aromatic N) is 2. The van der Waals surface area contributed by atoms with E-state index in [1.807, 2.05) is 26.0 Å². The number of amides is 3. The van der Waals surface area contributed by atoms with Crippen LogP contribution in [0.3, 0.4) is 0 Å². The SMILES string of the molecule is CC(C)NC(=N)C1(CCNCC(=O)N2CCCC2C#N)c2ccc(C(N)=O)cc2CCc2cc(C(N)=O)ccc21. The van der Waals surface area contributed by atoms with Gasteiger partial charge in [0, 0.05) is 23.7 Å². The van der Waals surface area contributed by atoms with Gasteiger partial charge in [-0.25, -0.2) is 0 Å². The molecule has 7 N–H and O–H groups in total. The summed E-state index contributed by atoms with van der Waals surface area (Å²) in [5.74, 6) is -0.895. The average Bonchev–Trinajstić information content (AvgIpc) is 3.35. The van der Waals surface area contributed by atoms with Crippen molar-refractivity contribution >= 4 is 23.6 Å². The second-order valence-electron chi connectivity index (χ2n) is 10.9. The molecule has 2 aromatic rings. The summed E-state index contributed by atoms with van der Waals surface area (Å²) < 4.78 is 0. The molecule has 4 rings (SSSR count). The number of rotatable bonds is 9. The molecule has 1 atom stereocenters. The van der Waals surface area contributed by atoms with Crippen molar-refractivity contribution in [1.29, 1.82) is 10.7 Å². The first-order valence-corrected chi connectivity index (χ1v) is 13.7. The molecular weight excluding hydrogens is 506 g/mol. The number of carbonyl (C=O) groups is 3. The number of nitrogens with one attached hydrogen (secondary N) is 3. The van der Waals surface area contributed by atoms with Gasteiger partial charge in [0.05, 0.1) is 18.0 Å². The number of likely N-dealkylation sites (tertiary alicyclic amines) is 1. The van der Waals surface area contributed by atoms with Crippen molar-refractivity contribution in [2.24, 2.45) is 11.5 Å². The highest BCUT2D eigenvalue weighted by Crippen LogP contribution is 2.43. The summed E-state index contributed by atoms with van der Waals surface area (Å²) in [5.41, 5.74) is 14.6. The van der Waals surface area contributed by atoms with E-state index in [4.69, 9.17) is 11.5 Å². The van der Waals surface area contributed by atoms with E-state index in [0.29, 0.717) is 49.9 Å². The van der Waals surface area contributed by atoms with E-state index in [1.165, 1.54) is 0 Å². The van der Waals surface area contributed by atoms with Crippen LogP contribution in [0.4, 0.5) is 0 Å². The van der Waals surface area contributed by atoms with Crippen LogP contribution in [0.2, 0.25) is 0 Å². The summed E-state index contributed by atoms with van der Waals surface area (Å²) >= 11 is 0. The zero-order valence-electron chi connectivity index (χ0n) is 23.0. The molecule has 0 radical (unpaired) electrons. The van der Waals surface area contributed by atoms with Crippen molar-refractivity contribution in [2.45, 2.75) is 63.5 Å². The molecule has 1 unspecified atom stereocenters. The Morgan fingerprint density at radius 2 is 1.65 bits per heavy atom. The molecule has 210 valence electrons. The molecule has 10 heteroatoms. The topological polar surface area (TPSA) is 178 Å². The van der Waals surface area contributed by atoms with Crippen molar-refractivity contribution < 1.29 is 14.4 Å². The Hall–Kier alpha value is -4.23. The van der Waals surface area contributed by atoms with Gasteiger partial charge in [-0.2, -0.15) is 5.26 Å². The molecule has 3 amide bonds. The highest BCUT2D eigenvalue weighted by Gasteiger charge is 2.43. The van der Waals surface area contributed by atoms with Crippen LogP contribution in [-0.4, -0.2) is 60.2 Å². The highest BCUT2D eigenvalue weighted by atomic mass is 16.2. The molecule has 0 bridgehead atoms. The minimum absolute atomic E-state index is 0.0260. The molecule has 2 aromatic carbocycles. The Balaban J connectivity index is 1.76. The number of aryl methyl sites for hydroxylation is 2. The van der Waals surface area contributed by atoms with Gasteiger partial charge in [0.2, 0.25) is 17.7 Å². The van der Waals surface area contributed by atoms with Gasteiger partial charge in [-0.05, 0) is 99.0 Å². The predicted molar refractivity (Wildman–Crippen MR) is 152 cm³/mol. The van der Waals surface area contributed by atoms with Crippen molar-refractivity contribution in [3.63, 3.8) is 0 Å². The number of nitriles is 1. The third-order valence-corrected chi connectivity index (χ3v) is 7.90. The minimum atomic E-state index is -0.962. The summed E-state index contributed by atoms with van der Waals surface area (Å²) in [6.45, 7) is 4.99. The molecule has 10 nitrogen and oxygen atoms in total. The van der Waals surface area contributed by atoms with Crippen LogP contribution in [0.15, 0.2) is 36.4 Å². The summed E-state index contributed by atoms with van der Waals surface area (Å²) in [6.07, 6.45) is 3.10. The van der Waals surface area contributed by atoms with Crippen molar-refractivity contribution in [1.82, 2.24) is 15.5 Å². The maximum atomic E-state index is 12.8. The van der Waals surface area contributed by atoms with Crippen LogP contribution in [0.25, 0.3) is 0 Å². The number of carbonyl (C=O) groups excluding carboxylic acids is 3. The molecule has 1 fully saturated rings. The first kappa shape index (κ1) is 28.8. The Morgan fingerprint density at radius 1 is 1.07 bits per heavy atom. The summed E-state index contributed by atoms with van der Waals surface area (Å²) in [5, 5.41) is 25.3. The number of fused-ring (bicyclic) bond motifs is 2. The fourth-order valence-electron chi connectivity index (χ4n) is 6.00. The van der Waals surface area contributed by atoms with E-state index in [1.54, 1.807) is 29.2 Å². The number of primary amides is 2. The Bertz CT molecular complexity index is 1310. The van der Waals surface area contributed by atoms with E-state index in [9.17, 15) is 25.1 Å². The Labute approximate surface area is 234 Å². The lowest BCUT2D eigenvalue weighted by atomic mass is 9.68. The standard InChI is InChI=1S/C30H37N7O3/c1-18(2)36-29(34)30(11-12-35-17-26(38)37-13-3-4-23(37)16-31)24-9-7-21(27(32)39)14-19(24)5-6-20-15-22(28(33)40)8-10-25(20)30/h7-10,14-15,18,23,35H,3-6,11-13,17H2,1-2H3,(H2,32,39)(H2,33,40)(H2,34,36). The quantitative estimate of drug-likeness (QED) is 0.183. The van der Waals surface area contributed by atoms with Crippen molar-refractivity contribution in [3.8, 4) is 6.07 Å². The second-order valence-corrected chi connectivity index (χ2v) is 10.9. The molecule has 0 aromatic heterocycles. The molecule has 40 heavy (non-hydrogen) atoms. The fourth-order valence-corrected chi connectivity index (χ4v) is 6.00. The van der Waals surface area contributed by atoms with E-state index >= 15 is 0 Å². The van der Waals surface area contributed by atoms with Gasteiger partial charge in [0.1, 0.15) is 11.9 Å². The molecule has 1 aliphatic heterocycles. The third-order valence-electron chi connectivity index (χ3n) is 7.90. The third kappa shape index (κ3) is 5.56. The zero-order valence-corrected chi connectivity index (χ0v) is 23.0. The van der Waals surface area contributed by atoms with Crippen LogP contribution >= 0.6 is 0 Å². The van der Waals surface area contributed by atoms with Crippen molar-refractivity contribution in [2.75, 3.05) is 19.6 Å². The molecule has 0 spiro atoms. The maximum absolute atomic E-state index is 12.8. The van der Waals surface area contributed by atoms with Crippen LogP contribution < -0.4 is 22.1 Å². The number of benzene rings is 2. The zero-order chi connectivity index (χ0) is 29.0. The highest BCUT2D eigenvalue weighted by molar-refractivity contribution is 5.98. The number of amidine groups is 1. The Morgan fingerprint density at radius 3 is 2.15 bits per heavy atom. The Kier molecular flexibility index (Phi) is 8.55. The molecule has 2 aliphatic rings. The molecule has 1 aliphatic carbocycles. The lowest BCUT2D eigenvalue weighted by molar-refractivity contribution is -0.130. The van der Waals surface area contributed by atoms with E-state index in [-0.39, 0.29) is 30.4 Å². The monoisotopic (exact) mass is 543 g/mol. The number of hydrogen-bond acceptors (Lipinski definition) is 6. The fraction of sp³-hybridized carbons (Fsp3) is 0.433. The molecule has 0 saturated carbocycles. The van der Waals surface area contributed by atoms with Gasteiger partial charge in [-0.1, -0.05) is 12.1 Å². The van der Waals surface area contributed by atoms with Crippen LogP contribution in [0, 0.1) is 16.7 Å². The lowest BCUT2D eigenvalue weighted by Gasteiger charge is -2.38. The van der Waals surface area contributed by atoms with Gasteiger partial charge in [-0.3, -0.25) is 19.8 Å². The lowest BCUT2D eigenvalue weighted by Crippen LogP contribution is -2.49. The van der Waals surface area contributed by atoms with Crippen LogP contribution in [-0.2, 0) is 23.1 Å². The van der Waals surface area contributed by atoms with E-state index < -0.39 is 17.2 Å². The summed E-state index contributed by atoms with van der Waals surface area (Å²) in [4.78, 5) is 38.5. The number of nitrogens with two attached hydrogens (primary N) is 2. The summed E-state index contributed by atoms with van der Waals surface area (Å²) in [6, 6.07) is 12.5. The molecule has 1 saturated heterocycles. The normalized spacial score (nSPS) is 17.4.